The van der Waals surface area contributed by atoms with Crippen molar-refractivity contribution < 1.29 is 22.7 Å². The molecule has 0 radical (unpaired) electrons. The van der Waals surface area contributed by atoms with E-state index in [1.807, 2.05) is 21.7 Å². The third-order valence-electron chi connectivity index (χ3n) is 4.73. The fourth-order valence-electron chi connectivity index (χ4n) is 3.05. The molecule has 10 heteroatoms. The number of piperazine rings is 1. The Morgan fingerprint density at radius 3 is 2.34 bits per heavy atom. The quantitative estimate of drug-likeness (QED) is 0.656. The van der Waals surface area contributed by atoms with Crippen LogP contribution in [0.3, 0.4) is 0 Å². The lowest BCUT2D eigenvalue weighted by Crippen LogP contribution is -2.50. The molecule has 8 nitrogen and oxygen atoms in total. The Kier molecular flexibility index (Phi) is 7.01. The maximum atomic E-state index is 12.4. The second-order valence-electron chi connectivity index (χ2n) is 6.56. The number of thiophene rings is 1. The number of sulfonamides is 1. The molecule has 1 aliphatic rings. The van der Waals surface area contributed by atoms with Gasteiger partial charge in [-0.3, -0.25) is 9.69 Å². The number of ether oxygens (including phenoxy) is 1. The third-order valence-corrected chi connectivity index (χ3v) is 6.89. The molecule has 0 bridgehead atoms. The lowest BCUT2D eigenvalue weighted by atomic mass is 10.2. The fourth-order valence-corrected chi connectivity index (χ4v) is 4.70. The Labute approximate surface area is 174 Å². The van der Waals surface area contributed by atoms with E-state index in [0.717, 1.165) is 5.56 Å². The molecule has 1 N–H and O–H groups in total. The van der Waals surface area contributed by atoms with Gasteiger partial charge in [-0.2, -0.15) is 11.3 Å². The van der Waals surface area contributed by atoms with E-state index in [1.165, 1.54) is 42.7 Å². The molecule has 0 saturated carbocycles. The monoisotopic (exact) mass is 437 g/mol. The molecule has 2 heterocycles. The summed E-state index contributed by atoms with van der Waals surface area (Å²) in [6.45, 7) is 3.46. The summed E-state index contributed by atoms with van der Waals surface area (Å²) < 4.78 is 32.0. The van der Waals surface area contributed by atoms with Gasteiger partial charge in [-0.05, 0) is 35.7 Å². The molecule has 0 spiro atoms. The van der Waals surface area contributed by atoms with Gasteiger partial charge in [0.1, 0.15) is 0 Å². The van der Waals surface area contributed by atoms with Crippen molar-refractivity contribution >= 4 is 33.2 Å². The number of methoxy groups -OCH3 is 1. The van der Waals surface area contributed by atoms with Gasteiger partial charge in [0.25, 0.3) is 5.91 Å². The highest BCUT2D eigenvalue weighted by Gasteiger charge is 2.22. The third kappa shape index (κ3) is 5.41. The maximum Gasteiger partial charge on any atom is 0.337 e. The molecule has 1 amide bonds. The zero-order chi connectivity index (χ0) is 20.9. The first-order chi connectivity index (χ1) is 13.9. The minimum absolute atomic E-state index is 0.0435. The largest absolute Gasteiger partial charge is 0.465 e. The van der Waals surface area contributed by atoms with Crippen LogP contribution < -0.4 is 4.72 Å². The molecule has 1 aromatic carbocycles. The molecule has 0 aliphatic carbocycles. The zero-order valence-electron chi connectivity index (χ0n) is 16.0. The molecule has 1 fully saturated rings. The van der Waals surface area contributed by atoms with E-state index in [4.69, 9.17) is 0 Å². The first-order valence-electron chi connectivity index (χ1n) is 9.12. The average Bonchev–Trinajstić information content (AvgIpc) is 3.28. The van der Waals surface area contributed by atoms with Crippen LogP contribution in [-0.2, 0) is 14.8 Å². The van der Waals surface area contributed by atoms with E-state index in [0.29, 0.717) is 38.3 Å². The van der Waals surface area contributed by atoms with Gasteiger partial charge < -0.3 is 9.64 Å². The molecule has 156 valence electrons. The van der Waals surface area contributed by atoms with Crippen LogP contribution in [0.4, 0.5) is 0 Å². The lowest BCUT2D eigenvalue weighted by molar-refractivity contribution is 0.0599. The van der Waals surface area contributed by atoms with Crippen LogP contribution >= 0.6 is 11.3 Å². The number of amides is 1. The van der Waals surface area contributed by atoms with Crippen LogP contribution in [0.15, 0.2) is 46.0 Å². The highest BCUT2D eigenvalue weighted by Crippen LogP contribution is 2.13. The van der Waals surface area contributed by atoms with E-state index >= 15 is 0 Å². The van der Waals surface area contributed by atoms with Gasteiger partial charge in [0.15, 0.2) is 0 Å². The van der Waals surface area contributed by atoms with E-state index in [-0.39, 0.29) is 17.3 Å². The average molecular weight is 438 g/mol. The van der Waals surface area contributed by atoms with Gasteiger partial charge in [-0.15, -0.1) is 0 Å². The van der Waals surface area contributed by atoms with Gasteiger partial charge in [0.05, 0.1) is 23.1 Å². The normalized spacial score (nSPS) is 15.3. The van der Waals surface area contributed by atoms with Crippen molar-refractivity contribution in [2.24, 2.45) is 0 Å². The van der Waals surface area contributed by atoms with Crippen molar-refractivity contribution in [2.45, 2.75) is 4.90 Å². The predicted molar refractivity (Wildman–Crippen MR) is 110 cm³/mol. The molecule has 1 saturated heterocycles. The van der Waals surface area contributed by atoms with Crippen molar-refractivity contribution in [3.05, 3.63) is 52.2 Å². The van der Waals surface area contributed by atoms with E-state index in [1.54, 1.807) is 0 Å². The van der Waals surface area contributed by atoms with Gasteiger partial charge in [-0.25, -0.2) is 17.9 Å². The zero-order valence-corrected chi connectivity index (χ0v) is 17.7. The number of nitrogens with zero attached hydrogens (tertiary/aromatic N) is 2. The van der Waals surface area contributed by atoms with Gasteiger partial charge in [0.2, 0.25) is 10.0 Å². The number of hydrogen-bond acceptors (Lipinski definition) is 7. The molecule has 1 aromatic heterocycles. The van der Waals surface area contributed by atoms with E-state index < -0.39 is 16.0 Å². The Morgan fingerprint density at radius 2 is 1.76 bits per heavy atom. The summed E-state index contributed by atoms with van der Waals surface area (Å²) in [7, 11) is -2.39. The smallest absolute Gasteiger partial charge is 0.337 e. The summed E-state index contributed by atoms with van der Waals surface area (Å²) in [5.74, 6) is -0.472. The standard InChI is InChI=1S/C19H23N3O5S2/c1-27-19(24)15-2-4-17(5-3-15)29(25,26)20-7-8-21-9-11-22(12-10-21)18(23)16-6-13-28-14-16/h2-6,13-14,20H,7-12H2,1H3. The Morgan fingerprint density at radius 1 is 1.07 bits per heavy atom. The molecule has 1 aliphatic heterocycles. The molecule has 3 rings (SSSR count). The second-order valence-corrected chi connectivity index (χ2v) is 9.11. The van der Waals surface area contributed by atoms with Crippen molar-refractivity contribution in [3.63, 3.8) is 0 Å². The maximum absolute atomic E-state index is 12.4. The second kappa shape index (κ2) is 9.49. The summed E-state index contributed by atoms with van der Waals surface area (Å²) in [5.41, 5.74) is 1.01. The van der Waals surface area contributed by atoms with E-state index in [2.05, 4.69) is 14.4 Å². The van der Waals surface area contributed by atoms with Crippen molar-refractivity contribution in [1.29, 1.82) is 0 Å². The van der Waals surface area contributed by atoms with Gasteiger partial charge >= 0.3 is 5.97 Å². The summed E-state index contributed by atoms with van der Waals surface area (Å²) >= 11 is 1.50. The first-order valence-corrected chi connectivity index (χ1v) is 11.5. The number of benzene rings is 1. The number of hydrogen-bond donors (Lipinski definition) is 1. The number of rotatable bonds is 7. The Bertz CT molecular complexity index is 935. The highest BCUT2D eigenvalue weighted by atomic mass is 32.2. The van der Waals surface area contributed by atoms with Crippen molar-refractivity contribution in [3.8, 4) is 0 Å². The predicted octanol–water partition coefficient (Wildman–Crippen LogP) is 1.27. The molecule has 29 heavy (non-hydrogen) atoms. The number of carbonyl (C=O) groups is 2. The highest BCUT2D eigenvalue weighted by molar-refractivity contribution is 7.89. The van der Waals surface area contributed by atoms with Gasteiger partial charge in [0, 0.05) is 44.6 Å². The topological polar surface area (TPSA) is 96.0 Å². The van der Waals surface area contributed by atoms with Crippen LogP contribution in [0.2, 0.25) is 0 Å². The number of esters is 1. The lowest BCUT2D eigenvalue weighted by Gasteiger charge is -2.34. The molecular weight excluding hydrogens is 414 g/mol. The summed E-state index contributed by atoms with van der Waals surface area (Å²) in [5, 5.41) is 3.74. The number of carbonyl (C=O) groups excluding carboxylic acids is 2. The summed E-state index contributed by atoms with van der Waals surface area (Å²) in [6.07, 6.45) is 0. The van der Waals surface area contributed by atoms with Gasteiger partial charge in [-0.1, -0.05) is 0 Å². The SMILES string of the molecule is COC(=O)c1ccc(S(=O)(=O)NCCN2CCN(C(=O)c3ccsc3)CC2)cc1. The first kappa shape index (κ1) is 21.4. The van der Waals surface area contributed by atoms with Crippen LogP contribution in [0, 0.1) is 0 Å². The minimum Gasteiger partial charge on any atom is -0.465 e. The van der Waals surface area contributed by atoms with Crippen LogP contribution in [0.25, 0.3) is 0 Å². The van der Waals surface area contributed by atoms with Crippen molar-refractivity contribution in [1.82, 2.24) is 14.5 Å². The summed E-state index contributed by atoms with van der Waals surface area (Å²) in [4.78, 5) is 27.8. The van der Waals surface area contributed by atoms with E-state index in [9.17, 15) is 18.0 Å². The molecule has 0 atom stereocenters. The Balaban J connectivity index is 1.45. The van der Waals surface area contributed by atoms with Crippen LogP contribution in [-0.4, -0.2) is 76.5 Å². The number of nitrogens with one attached hydrogen (secondary N) is 1. The van der Waals surface area contributed by atoms with Crippen molar-refractivity contribution in [2.75, 3.05) is 46.4 Å². The fraction of sp³-hybridized carbons (Fsp3) is 0.368. The summed E-state index contributed by atoms with van der Waals surface area (Å²) in [6, 6.07) is 7.42. The van der Waals surface area contributed by atoms with Crippen LogP contribution in [0.5, 0.6) is 0 Å². The Hall–Kier alpha value is -2.27. The minimum atomic E-state index is -3.66. The molecular formula is C19H23N3O5S2. The molecule has 0 unspecified atom stereocenters. The molecule has 2 aromatic rings. The van der Waals surface area contributed by atoms with Crippen LogP contribution in [0.1, 0.15) is 20.7 Å².